The van der Waals surface area contributed by atoms with Gasteiger partial charge in [0.25, 0.3) is 5.91 Å². The molecule has 1 amide bonds. The van der Waals surface area contributed by atoms with Gasteiger partial charge < -0.3 is 15.6 Å². The van der Waals surface area contributed by atoms with Gasteiger partial charge in [-0.2, -0.15) is 13.2 Å². The first-order valence-corrected chi connectivity index (χ1v) is 9.74. The molecule has 0 bridgehead atoms. The highest BCUT2D eigenvalue weighted by Crippen LogP contribution is 2.33. The highest BCUT2D eigenvalue weighted by atomic mass is 19.4. The Kier molecular flexibility index (Phi) is 4.55. The highest BCUT2D eigenvalue weighted by Gasteiger charge is 2.30. The molecular formula is C22H16F3N7O. The normalized spacial score (nSPS) is 11.9. The Balaban J connectivity index is 1.49. The van der Waals surface area contributed by atoms with E-state index in [4.69, 9.17) is 5.73 Å². The number of amides is 1. The van der Waals surface area contributed by atoms with Crippen LogP contribution in [0.25, 0.3) is 27.8 Å². The summed E-state index contributed by atoms with van der Waals surface area (Å²) in [5.41, 5.74) is 8.20. The Hall–Kier alpha value is -4.41. The fraction of sp³-hybridized carbons (Fsp3) is 0.0909. The quantitative estimate of drug-likeness (QED) is 0.429. The number of rotatable bonds is 3. The number of hydrogen-bond donors (Lipinski definition) is 2. The Labute approximate surface area is 184 Å². The minimum absolute atomic E-state index is 0.0348. The lowest BCUT2D eigenvalue weighted by atomic mass is 10.1. The van der Waals surface area contributed by atoms with Gasteiger partial charge in [-0.1, -0.05) is 6.07 Å². The van der Waals surface area contributed by atoms with Gasteiger partial charge in [0.2, 0.25) is 0 Å². The van der Waals surface area contributed by atoms with Crippen molar-refractivity contribution in [2.24, 2.45) is 7.05 Å². The Morgan fingerprint density at radius 1 is 1.12 bits per heavy atom. The van der Waals surface area contributed by atoms with Crippen LogP contribution in [0.3, 0.4) is 0 Å². The van der Waals surface area contributed by atoms with Crippen molar-refractivity contribution in [3.05, 3.63) is 72.6 Å². The van der Waals surface area contributed by atoms with Gasteiger partial charge in [0.15, 0.2) is 0 Å². The second-order valence-corrected chi connectivity index (χ2v) is 7.43. The molecule has 0 saturated carbocycles. The summed E-state index contributed by atoms with van der Waals surface area (Å²) in [6.45, 7) is 0. The van der Waals surface area contributed by atoms with Gasteiger partial charge in [0.1, 0.15) is 29.1 Å². The van der Waals surface area contributed by atoms with Gasteiger partial charge in [-0.3, -0.25) is 9.20 Å². The number of pyridine rings is 1. The van der Waals surface area contributed by atoms with Gasteiger partial charge in [0, 0.05) is 30.7 Å². The van der Waals surface area contributed by atoms with Crippen LogP contribution >= 0.6 is 0 Å². The number of imidazole rings is 1. The molecule has 0 fully saturated rings. The van der Waals surface area contributed by atoms with Crippen LogP contribution in [0, 0.1) is 0 Å². The van der Waals surface area contributed by atoms with E-state index in [1.807, 2.05) is 17.8 Å². The third kappa shape index (κ3) is 3.53. The van der Waals surface area contributed by atoms with Crippen LogP contribution in [0.15, 0.2) is 61.3 Å². The molecule has 5 aromatic rings. The van der Waals surface area contributed by atoms with Crippen molar-refractivity contribution in [1.82, 2.24) is 23.9 Å². The van der Waals surface area contributed by atoms with Crippen molar-refractivity contribution in [1.29, 1.82) is 0 Å². The zero-order valence-electron chi connectivity index (χ0n) is 17.1. The number of fused-ring (bicyclic) bond motifs is 2. The molecule has 33 heavy (non-hydrogen) atoms. The number of alkyl halides is 3. The maximum Gasteiger partial charge on any atom is 0.416 e. The van der Waals surface area contributed by atoms with Gasteiger partial charge in [-0.25, -0.2) is 15.0 Å². The fourth-order valence-corrected chi connectivity index (χ4v) is 3.74. The van der Waals surface area contributed by atoms with Crippen LogP contribution in [0.2, 0.25) is 0 Å². The maximum absolute atomic E-state index is 12.9. The Morgan fingerprint density at radius 3 is 2.73 bits per heavy atom. The van der Waals surface area contributed by atoms with E-state index in [0.29, 0.717) is 22.5 Å². The monoisotopic (exact) mass is 451 g/mol. The highest BCUT2D eigenvalue weighted by molar-refractivity contribution is 6.04. The van der Waals surface area contributed by atoms with E-state index in [1.165, 1.54) is 24.7 Å². The molecule has 0 aliphatic carbocycles. The topological polar surface area (TPSA) is 103 Å². The fourth-order valence-electron chi connectivity index (χ4n) is 3.74. The number of carbonyl (C=O) groups excluding carboxylic acids is 1. The molecule has 4 heterocycles. The molecule has 0 saturated heterocycles. The number of anilines is 2. The first-order valence-electron chi connectivity index (χ1n) is 9.74. The van der Waals surface area contributed by atoms with E-state index in [9.17, 15) is 18.0 Å². The minimum Gasteiger partial charge on any atom is -0.383 e. The zero-order chi connectivity index (χ0) is 23.3. The van der Waals surface area contributed by atoms with Crippen LogP contribution < -0.4 is 11.1 Å². The lowest BCUT2D eigenvalue weighted by Gasteiger charge is -2.10. The largest absolute Gasteiger partial charge is 0.416 e. The summed E-state index contributed by atoms with van der Waals surface area (Å²) in [6, 6.07) is 8.02. The third-order valence-electron chi connectivity index (χ3n) is 5.29. The number of halogens is 3. The maximum atomic E-state index is 12.9. The summed E-state index contributed by atoms with van der Waals surface area (Å²) in [4.78, 5) is 25.4. The molecule has 5 rings (SSSR count). The molecule has 0 unspecified atom stereocenters. The smallest absolute Gasteiger partial charge is 0.383 e. The summed E-state index contributed by atoms with van der Waals surface area (Å²) in [5.74, 6) is -0.239. The van der Waals surface area contributed by atoms with E-state index in [1.54, 1.807) is 22.7 Å². The molecule has 1 aromatic carbocycles. The van der Waals surface area contributed by atoms with E-state index in [0.717, 1.165) is 23.3 Å². The molecule has 166 valence electrons. The molecule has 8 nitrogen and oxygen atoms in total. The average molecular weight is 451 g/mol. The third-order valence-corrected chi connectivity index (χ3v) is 5.29. The SMILES string of the molecule is Cn1cc(-c2ccn3c(C(=O)Nc4cccc(C(F)(F)F)c4)cnc3c2)c2c(N)ncnc21. The summed E-state index contributed by atoms with van der Waals surface area (Å²) in [7, 11) is 1.85. The number of carbonyl (C=O) groups is 1. The predicted octanol–water partition coefficient (Wildman–Crippen LogP) is 4.14. The molecule has 0 aliphatic rings. The molecule has 0 spiro atoms. The lowest BCUT2D eigenvalue weighted by Crippen LogP contribution is -2.15. The van der Waals surface area contributed by atoms with Crippen molar-refractivity contribution < 1.29 is 18.0 Å². The van der Waals surface area contributed by atoms with Crippen LogP contribution in [-0.2, 0) is 13.2 Å². The number of nitrogens with zero attached hydrogens (tertiary/aromatic N) is 5. The second-order valence-electron chi connectivity index (χ2n) is 7.43. The number of aryl methyl sites for hydroxylation is 1. The number of hydrogen-bond acceptors (Lipinski definition) is 5. The Morgan fingerprint density at radius 2 is 1.94 bits per heavy atom. The summed E-state index contributed by atoms with van der Waals surface area (Å²) in [5, 5.41) is 3.20. The standard InChI is InChI=1S/C22H16F3N7O/c1-31-10-15(18-19(26)28-11-29-20(18)31)12-5-6-32-16(9-27-17(32)7-12)21(33)30-14-4-2-3-13(8-14)22(23,24)25/h2-11H,1H3,(H,30,33)(H2,26,28,29). The molecule has 3 N–H and O–H groups in total. The Bertz CT molecular complexity index is 1530. The van der Waals surface area contributed by atoms with Crippen molar-refractivity contribution in [3.63, 3.8) is 0 Å². The van der Waals surface area contributed by atoms with Crippen molar-refractivity contribution >= 4 is 34.1 Å². The molecule has 4 aromatic heterocycles. The number of nitrogens with two attached hydrogens (primary N) is 1. The van der Waals surface area contributed by atoms with E-state index < -0.39 is 17.6 Å². The van der Waals surface area contributed by atoms with Crippen LogP contribution in [0.5, 0.6) is 0 Å². The van der Waals surface area contributed by atoms with Crippen LogP contribution in [0.4, 0.5) is 24.7 Å². The summed E-state index contributed by atoms with van der Waals surface area (Å²) in [6.07, 6.45) is 1.80. The summed E-state index contributed by atoms with van der Waals surface area (Å²) < 4.78 is 42.2. The van der Waals surface area contributed by atoms with E-state index in [-0.39, 0.29) is 11.4 Å². The lowest BCUT2D eigenvalue weighted by molar-refractivity contribution is -0.137. The van der Waals surface area contributed by atoms with Gasteiger partial charge in [0.05, 0.1) is 17.1 Å². The molecule has 0 aliphatic heterocycles. The van der Waals surface area contributed by atoms with Crippen molar-refractivity contribution in [3.8, 4) is 11.1 Å². The van der Waals surface area contributed by atoms with Crippen molar-refractivity contribution in [2.75, 3.05) is 11.1 Å². The van der Waals surface area contributed by atoms with Gasteiger partial charge in [-0.15, -0.1) is 0 Å². The average Bonchev–Trinajstić information content (AvgIpc) is 3.35. The molecular weight excluding hydrogens is 435 g/mol. The summed E-state index contributed by atoms with van der Waals surface area (Å²) >= 11 is 0. The first-order chi connectivity index (χ1) is 15.7. The van der Waals surface area contributed by atoms with E-state index in [2.05, 4.69) is 20.3 Å². The van der Waals surface area contributed by atoms with Gasteiger partial charge >= 0.3 is 6.18 Å². The first kappa shape index (κ1) is 20.5. The van der Waals surface area contributed by atoms with Crippen LogP contribution in [-0.4, -0.2) is 29.8 Å². The minimum atomic E-state index is -4.50. The number of nitrogens with one attached hydrogen (secondary N) is 1. The van der Waals surface area contributed by atoms with E-state index >= 15 is 0 Å². The van der Waals surface area contributed by atoms with Crippen LogP contribution in [0.1, 0.15) is 16.1 Å². The molecule has 0 radical (unpaired) electrons. The zero-order valence-corrected chi connectivity index (χ0v) is 17.1. The predicted molar refractivity (Wildman–Crippen MR) is 117 cm³/mol. The second kappa shape index (κ2) is 7.33. The molecule has 0 atom stereocenters. The number of nitrogen functional groups attached to an aromatic ring is 1. The van der Waals surface area contributed by atoms with Crippen molar-refractivity contribution in [2.45, 2.75) is 6.18 Å². The number of aromatic nitrogens is 5. The molecule has 11 heteroatoms. The number of benzene rings is 1. The van der Waals surface area contributed by atoms with Gasteiger partial charge in [-0.05, 0) is 35.9 Å².